The molecule has 1 fully saturated rings. The number of hydrogen-bond acceptors (Lipinski definition) is 6. The monoisotopic (exact) mass is 469 g/mol. The van der Waals surface area contributed by atoms with Crippen molar-refractivity contribution in [1.82, 2.24) is 0 Å². The molecule has 1 unspecified atom stereocenters. The first-order chi connectivity index (χ1) is 15.4. The molecule has 1 amide bonds. The Morgan fingerprint density at radius 1 is 1.09 bits per heavy atom. The molecule has 1 N–H and O–H groups in total. The number of benzene rings is 2. The maximum atomic E-state index is 13.2. The van der Waals surface area contributed by atoms with Crippen LogP contribution in [0.4, 0.5) is 5.69 Å². The summed E-state index contributed by atoms with van der Waals surface area (Å²) >= 11 is 7.69. The van der Waals surface area contributed by atoms with Crippen molar-refractivity contribution in [2.24, 2.45) is 0 Å². The molecule has 32 heavy (non-hydrogen) atoms. The van der Waals surface area contributed by atoms with E-state index in [2.05, 4.69) is 0 Å². The van der Waals surface area contributed by atoms with Gasteiger partial charge in [0.1, 0.15) is 23.3 Å². The zero-order chi connectivity index (χ0) is 23.0. The third-order valence-corrected chi connectivity index (χ3v) is 6.75. The summed E-state index contributed by atoms with van der Waals surface area (Å²) in [7, 11) is 2.97. The van der Waals surface area contributed by atoms with Crippen LogP contribution in [0.2, 0.25) is 5.02 Å². The highest BCUT2D eigenvalue weighted by molar-refractivity contribution is 7.10. The molecule has 6 nitrogen and oxygen atoms in total. The lowest BCUT2D eigenvalue weighted by Crippen LogP contribution is -2.29. The van der Waals surface area contributed by atoms with Crippen LogP contribution in [0.1, 0.15) is 22.0 Å². The first-order valence-electron chi connectivity index (χ1n) is 9.71. The van der Waals surface area contributed by atoms with Gasteiger partial charge in [-0.1, -0.05) is 23.7 Å². The normalized spacial score (nSPS) is 17.6. The minimum absolute atomic E-state index is 0.0136. The summed E-state index contributed by atoms with van der Waals surface area (Å²) in [6.45, 7) is 1.79. The van der Waals surface area contributed by atoms with Gasteiger partial charge in [0, 0.05) is 21.7 Å². The van der Waals surface area contributed by atoms with Crippen molar-refractivity contribution in [2.75, 3.05) is 19.1 Å². The summed E-state index contributed by atoms with van der Waals surface area (Å²) in [6.07, 6.45) is 0. The highest BCUT2D eigenvalue weighted by atomic mass is 35.5. The van der Waals surface area contributed by atoms with Gasteiger partial charge in [0.15, 0.2) is 0 Å². The molecule has 1 aromatic heterocycles. The molecule has 4 rings (SSSR count). The Morgan fingerprint density at radius 2 is 1.88 bits per heavy atom. The Kier molecular flexibility index (Phi) is 5.95. The van der Waals surface area contributed by atoms with E-state index in [1.54, 1.807) is 43.3 Å². The number of thiophene rings is 1. The molecular weight excluding hydrogens is 450 g/mol. The molecule has 0 bridgehead atoms. The maximum absolute atomic E-state index is 13.2. The summed E-state index contributed by atoms with van der Waals surface area (Å²) in [5.74, 6) is -0.982. The number of nitrogens with zero attached hydrogens (tertiary/aromatic N) is 1. The van der Waals surface area contributed by atoms with E-state index in [1.807, 2.05) is 17.5 Å². The van der Waals surface area contributed by atoms with Gasteiger partial charge in [-0.2, -0.15) is 0 Å². The second-order valence-corrected chi connectivity index (χ2v) is 8.52. The van der Waals surface area contributed by atoms with Crippen molar-refractivity contribution in [3.05, 3.63) is 80.5 Å². The summed E-state index contributed by atoms with van der Waals surface area (Å²) < 4.78 is 10.6. The van der Waals surface area contributed by atoms with Gasteiger partial charge >= 0.3 is 0 Å². The average molecular weight is 470 g/mol. The van der Waals surface area contributed by atoms with Gasteiger partial charge in [-0.3, -0.25) is 14.5 Å². The summed E-state index contributed by atoms with van der Waals surface area (Å²) in [4.78, 5) is 28.6. The van der Waals surface area contributed by atoms with Crippen LogP contribution in [-0.4, -0.2) is 31.0 Å². The lowest BCUT2D eigenvalue weighted by Gasteiger charge is -2.26. The van der Waals surface area contributed by atoms with Gasteiger partial charge < -0.3 is 14.6 Å². The lowest BCUT2D eigenvalue weighted by molar-refractivity contribution is -0.132. The zero-order valence-corrected chi connectivity index (χ0v) is 19.2. The van der Waals surface area contributed by atoms with E-state index in [0.717, 1.165) is 4.88 Å². The van der Waals surface area contributed by atoms with E-state index in [0.29, 0.717) is 27.8 Å². The quantitative estimate of drug-likeness (QED) is 0.309. The van der Waals surface area contributed by atoms with Gasteiger partial charge in [0.05, 0.1) is 25.4 Å². The van der Waals surface area contributed by atoms with Gasteiger partial charge in [-0.05, 0) is 48.2 Å². The molecule has 2 heterocycles. The second-order valence-electron chi connectivity index (χ2n) is 7.13. The number of Topliss-reactive ketones (excluding diaryl/α,β-unsaturated/α-hetero) is 1. The number of ether oxygens (including phenoxy) is 2. The van der Waals surface area contributed by atoms with E-state index in [9.17, 15) is 14.7 Å². The van der Waals surface area contributed by atoms with Crippen LogP contribution in [0.3, 0.4) is 0 Å². The molecule has 1 saturated heterocycles. The van der Waals surface area contributed by atoms with E-state index in [1.165, 1.54) is 30.5 Å². The molecule has 8 heteroatoms. The Labute approximate surface area is 194 Å². The minimum Gasteiger partial charge on any atom is -0.507 e. The van der Waals surface area contributed by atoms with Crippen LogP contribution < -0.4 is 14.4 Å². The fourth-order valence-electron chi connectivity index (χ4n) is 3.79. The summed E-state index contributed by atoms with van der Waals surface area (Å²) in [6, 6.07) is 12.9. The lowest BCUT2D eigenvalue weighted by atomic mass is 9.99. The van der Waals surface area contributed by atoms with Crippen molar-refractivity contribution in [1.29, 1.82) is 0 Å². The molecule has 3 aromatic rings. The smallest absolute Gasteiger partial charge is 0.300 e. The van der Waals surface area contributed by atoms with Crippen molar-refractivity contribution in [3.63, 3.8) is 0 Å². The van der Waals surface area contributed by atoms with Gasteiger partial charge in [-0.15, -0.1) is 11.3 Å². The fraction of sp³-hybridized carbons (Fsp3) is 0.167. The Morgan fingerprint density at radius 3 is 2.53 bits per heavy atom. The SMILES string of the molecule is COc1ccc(/C(O)=C2/C(=O)C(=O)N(c3cccc(Cl)c3C)C2c2cccs2)c(OC)c1. The number of methoxy groups -OCH3 is 2. The number of ketones is 1. The van der Waals surface area contributed by atoms with Crippen LogP contribution in [0.25, 0.3) is 5.76 Å². The molecule has 1 aliphatic rings. The second kappa shape index (κ2) is 8.68. The molecule has 1 atom stereocenters. The van der Waals surface area contributed by atoms with Crippen molar-refractivity contribution in [3.8, 4) is 11.5 Å². The van der Waals surface area contributed by atoms with E-state index in [-0.39, 0.29) is 16.9 Å². The number of amides is 1. The molecule has 0 aliphatic carbocycles. The number of carbonyl (C=O) groups excluding carboxylic acids is 2. The van der Waals surface area contributed by atoms with E-state index < -0.39 is 17.7 Å². The van der Waals surface area contributed by atoms with Crippen LogP contribution in [0.5, 0.6) is 11.5 Å². The third kappa shape index (κ3) is 3.53. The third-order valence-electron chi connectivity index (χ3n) is 5.42. The first-order valence-corrected chi connectivity index (χ1v) is 11.0. The number of hydrogen-bond donors (Lipinski definition) is 1. The van der Waals surface area contributed by atoms with E-state index >= 15 is 0 Å². The van der Waals surface area contributed by atoms with Crippen LogP contribution in [0.15, 0.2) is 59.5 Å². The molecule has 164 valence electrons. The topological polar surface area (TPSA) is 76.1 Å². The predicted molar refractivity (Wildman–Crippen MR) is 125 cm³/mol. The molecule has 1 aliphatic heterocycles. The Hall–Kier alpha value is -3.29. The van der Waals surface area contributed by atoms with Crippen LogP contribution >= 0.6 is 22.9 Å². The fourth-order valence-corrected chi connectivity index (χ4v) is 4.79. The number of rotatable bonds is 5. The molecule has 0 radical (unpaired) electrons. The number of aliphatic hydroxyl groups excluding tert-OH is 1. The van der Waals surface area contributed by atoms with Gasteiger partial charge in [0.25, 0.3) is 11.7 Å². The molecule has 0 spiro atoms. The van der Waals surface area contributed by atoms with E-state index in [4.69, 9.17) is 21.1 Å². The van der Waals surface area contributed by atoms with Crippen molar-refractivity contribution < 1.29 is 24.2 Å². The Balaban J connectivity index is 1.97. The molecular formula is C24H20ClNO5S. The zero-order valence-electron chi connectivity index (χ0n) is 17.6. The number of halogens is 1. The number of anilines is 1. The van der Waals surface area contributed by atoms with Crippen molar-refractivity contribution >= 4 is 46.1 Å². The molecule has 0 saturated carbocycles. The maximum Gasteiger partial charge on any atom is 0.300 e. The first kappa shape index (κ1) is 21.9. The average Bonchev–Trinajstić information content (AvgIpc) is 3.42. The largest absolute Gasteiger partial charge is 0.507 e. The minimum atomic E-state index is -0.807. The molecule has 2 aromatic carbocycles. The van der Waals surface area contributed by atoms with Crippen LogP contribution in [-0.2, 0) is 9.59 Å². The number of aliphatic hydroxyl groups is 1. The Bertz CT molecular complexity index is 1240. The summed E-state index contributed by atoms with van der Waals surface area (Å²) in [5, 5.41) is 13.6. The highest BCUT2D eigenvalue weighted by Gasteiger charge is 2.48. The standard InChI is InChI=1S/C24H20ClNO5S/c1-13-16(25)6-4-7-17(13)26-21(19-8-5-11-32-19)20(23(28)24(26)29)22(27)15-10-9-14(30-2)12-18(15)31-3/h4-12,21,27H,1-3H3/b22-20-. The predicted octanol–water partition coefficient (Wildman–Crippen LogP) is 5.35. The van der Waals surface area contributed by atoms with Crippen LogP contribution in [0, 0.1) is 6.92 Å². The van der Waals surface area contributed by atoms with Gasteiger partial charge in [0.2, 0.25) is 0 Å². The van der Waals surface area contributed by atoms with Crippen molar-refractivity contribution in [2.45, 2.75) is 13.0 Å². The highest BCUT2D eigenvalue weighted by Crippen LogP contribution is 2.46. The number of carbonyl (C=O) groups is 2. The summed E-state index contributed by atoms with van der Waals surface area (Å²) in [5.41, 5.74) is 1.45. The van der Waals surface area contributed by atoms with Gasteiger partial charge in [-0.25, -0.2) is 0 Å².